The van der Waals surface area contributed by atoms with Gasteiger partial charge in [0.15, 0.2) is 0 Å². The Morgan fingerprint density at radius 1 is 0.938 bits per heavy atom. The van der Waals surface area contributed by atoms with Crippen LogP contribution in [-0.2, 0) is 0 Å². The molecule has 1 aromatic heterocycles. The van der Waals surface area contributed by atoms with Crippen molar-refractivity contribution < 1.29 is 25.2 Å². The zero-order chi connectivity index (χ0) is 12.1. The summed E-state index contributed by atoms with van der Waals surface area (Å²) >= 11 is 0. The van der Waals surface area contributed by atoms with Crippen molar-refractivity contribution in [2.45, 2.75) is 0 Å². The van der Waals surface area contributed by atoms with E-state index in [9.17, 15) is 0 Å². The van der Waals surface area contributed by atoms with Crippen LogP contribution in [0, 0.1) is 0 Å². The summed E-state index contributed by atoms with van der Waals surface area (Å²) in [6.45, 7) is 0. The lowest BCUT2D eigenvalue weighted by Crippen LogP contribution is -1.84. The van der Waals surface area contributed by atoms with Crippen LogP contribution in [0.5, 0.6) is 11.8 Å². The second-order valence-corrected chi connectivity index (χ2v) is 2.64. The number of aromatic nitrogens is 2. The fourth-order valence-electron chi connectivity index (χ4n) is 0.981. The topological polar surface area (TPSA) is 124 Å². The van der Waals surface area contributed by atoms with Crippen molar-refractivity contribution in [1.29, 1.82) is 0 Å². The third-order valence-electron chi connectivity index (χ3n) is 1.53. The van der Waals surface area contributed by atoms with Gasteiger partial charge in [0.05, 0.1) is 11.0 Å². The van der Waals surface area contributed by atoms with Gasteiger partial charge in [-0.15, -0.1) is 0 Å². The van der Waals surface area contributed by atoms with Crippen LogP contribution in [0.15, 0.2) is 24.3 Å². The predicted octanol–water partition coefficient (Wildman–Crippen LogP) is 1.26. The summed E-state index contributed by atoms with van der Waals surface area (Å²) in [6, 6.07) is 6.99. The molecule has 0 spiro atoms. The maximum absolute atomic E-state index is 8.99. The quantitative estimate of drug-likeness (QED) is 0.531. The standard InChI is InChI=1S/C8H6N2O2.CH2O3/c11-7-8(12)10-6-4-2-1-3-5(6)9-7;2-1(3)4/h1-4H,(H,9,11)(H,10,12);(H2,2,3,4). The Hall–Kier alpha value is -2.57. The van der Waals surface area contributed by atoms with E-state index >= 15 is 0 Å². The highest BCUT2D eigenvalue weighted by atomic mass is 16.6. The predicted molar refractivity (Wildman–Crippen MR) is 53.5 cm³/mol. The fraction of sp³-hybridized carbons (Fsp3) is 0. The summed E-state index contributed by atoms with van der Waals surface area (Å²) in [5, 5.41) is 31.9. The van der Waals surface area contributed by atoms with E-state index in [1.165, 1.54) is 0 Å². The van der Waals surface area contributed by atoms with Crippen molar-refractivity contribution in [3.63, 3.8) is 0 Å². The van der Waals surface area contributed by atoms with Gasteiger partial charge in [0, 0.05) is 0 Å². The maximum Gasteiger partial charge on any atom is 0.503 e. The Bertz CT molecular complexity index is 470. The van der Waals surface area contributed by atoms with E-state index < -0.39 is 17.9 Å². The number of carbonyl (C=O) groups is 1. The lowest BCUT2D eigenvalue weighted by atomic mass is 10.3. The first kappa shape index (κ1) is 11.5. The minimum atomic E-state index is -1.83. The molecule has 7 nitrogen and oxygen atoms in total. The van der Waals surface area contributed by atoms with Gasteiger partial charge < -0.3 is 20.4 Å². The average molecular weight is 224 g/mol. The number of hydrogen-bond donors (Lipinski definition) is 4. The maximum atomic E-state index is 8.99. The van der Waals surface area contributed by atoms with Crippen molar-refractivity contribution >= 4 is 17.2 Å². The van der Waals surface area contributed by atoms with E-state index in [1.54, 1.807) is 24.3 Å². The Morgan fingerprint density at radius 3 is 1.56 bits per heavy atom. The van der Waals surface area contributed by atoms with Crippen molar-refractivity contribution in [2.24, 2.45) is 0 Å². The number of rotatable bonds is 0. The number of aromatic hydroxyl groups is 2. The van der Waals surface area contributed by atoms with E-state index in [0.717, 1.165) is 0 Å². The van der Waals surface area contributed by atoms with Gasteiger partial charge in [0.2, 0.25) is 0 Å². The van der Waals surface area contributed by atoms with Gasteiger partial charge in [-0.2, -0.15) is 0 Å². The second-order valence-electron chi connectivity index (χ2n) is 2.64. The van der Waals surface area contributed by atoms with Crippen LogP contribution in [0.3, 0.4) is 0 Å². The van der Waals surface area contributed by atoms with Gasteiger partial charge >= 0.3 is 6.16 Å². The van der Waals surface area contributed by atoms with E-state index in [0.29, 0.717) is 11.0 Å². The normalized spacial score (nSPS) is 9.25. The van der Waals surface area contributed by atoms with Crippen LogP contribution in [-0.4, -0.2) is 36.5 Å². The Balaban J connectivity index is 0.000000280. The largest absolute Gasteiger partial charge is 0.503 e. The molecule has 0 unspecified atom stereocenters. The highest BCUT2D eigenvalue weighted by Gasteiger charge is 2.03. The number of carboxylic acid groups (broad SMARTS) is 2. The van der Waals surface area contributed by atoms with E-state index in [4.69, 9.17) is 25.2 Å². The number of nitrogens with zero attached hydrogens (tertiary/aromatic N) is 2. The molecule has 0 saturated carbocycles. The minimum absolute atomic E-state index is 0.436. The van der Waals surface area contributed by atoms with Gasteiger partial charge in [-0.25, -0.2) is 14.8 Å². The Kier molecular flexibility index (Phi) is 3.44. The molecule has 0 atom stereocenters. The Morgan fingerprint density at radius 2 is 1.25 bits per heavy atom. The molecule has 2 aromatic rings. The second kappa shape index (κ2) is 4.78. The van der Waals surface area contributed by atoms with Crippen molar-refractivity contribution in [3.8, 4) is 11.8 Å². The summed E-state index contributed by atoms with van der Waals surface area (Å²) in [5.74, 6) is -0.873. The van der Waals surface area contributed by atoms with Crippen molar-refractivity contribution in [1.82, 2.24) is 9.97 Å². The molecule has 2 rings (SSSR count). The summed E-state index contributed by atoms with van der Waals surface area (Å²) in [7, 11) is 0. The van der Waals surface area contributed by atoms with Crippen LogP contribution in [0.4, 0.5) is 4.79 Å². The molecule has 0 aliphatic carbocycles. The van der Waals surface area contributed by atoms with E-state index in [2.05, 4.69) is 9.97 Å². The monoisotopic (exact) mass is 224 g/mol. The first-order valence-corrected chi connectivity index (χ1v) is 4.07. The SMILES string of the molecule is O=C(O)O.Oc1nc2ccccc2nc1O. The molecular weight excluding hydrogens is 216 g/mol. The molecule has 0 radical (unpaired) electrons. The summed E-state index contributed by atoms with van der Waals surface area (Å²) in [4.78, 5) is 16.0. The average Bonchev–Trinajstić information content (AvgIpc) is 2.19. The van der Waals surface area contributed by atoms with E-state index in [-0.39, 0.29) is 0 Å². The summed E-state index contributed by atoms with van der Waals surface area (Å²) in [6.07, 6.45) is -1.83. The highest BCUT2D eigenvalue weighted by molar-refractivity contribution is 5.75. The van der Waals surface area contributed by atoms with Gasteiger partial charge in [0.25, 0.3) is 11.8 Å². The molecule has 0 aliphatic rings. The molecule has 0 amide bonds. The zero-order valence-electron chi connectivity index (χ0n) is 7.90. The van der Waals surface area contributed by atoms with Gasteiger partial charge in [-0.1, -0.05) is 12.1 Å². The third kappa shape index (κ3) is 2.98. The smallest absolute Gasteiger partial charge is 0.489 e. The van der Waals surface area contributed by atoms with Crippen LogP contribution in [0.1, 0.15) is 0 Å². The molecule has 0 aliphatic heterocycles. The van der Waals surface area contributed by atoms with Crippen LogP contribution < -0.4 is 0 Å². The first-order valence-electron chi connectivity index (χ1n) is 4.07. The minimum Gasteiger partial charge on any atom is -0.489 e. The van der Waals surface area contributed by atoms with Gasteiger partial charge in [0.1, 0.15) is 0 Å². The molecule has 0 saturated heterocycles. The number of benzene rings is 1. The lowest BCUT2D eigenvalue weighted by Gasteiger charge is -1.97. The fourth-order valence-corrected chi connectivity index (χ4v) is 0.981. The lowest BCUT2D eigenvalue weighted by molar-refractivity contribution is 0.137. The zero-order valence-corrected chi connectivity index (χ0v) is 7.90. The number of para-hydroxylation sites is 2. The summed E-state index contributed by atoms with van der Waals surface area (Å²) in [5.41, 5.74) is 1.13. The Labute approximate surface area is 89.3 Å². The molecule has 0 fully saturated rings. The molecule has 1 heterocycles. The third-order valence-corrected chi connectivity index (χ3v) is 1.53. The van der Waals surface area contributed by atoms with Crippen LogP contribution >= 0.6 is 0 Å². The van der Waals surface area contributed by atoms with E-state index in [1.807, 2.05) is 0 Å². The van der Waals surface area contributed by atoms with Crippen LogP contribution in [0.2, 0.25) is 0 Å². The first-order chi connectivity index (χ1) is 7.50. The number of hydrogen-bond acceptors (Lipinski definition) is 5. The molecule has 16 heavy (non-hydrogen) atoms. The van der Waals surface area contributed by atoms with Gasteiger partial charge in [-0.3, -0.25) is 0 Å². The molecule has 0 bridgehead atoms. The molecule has 84 valence electrons. The van der Waals surface area contributed by atoms with Gasteiger partial charge in [-0.05, 0) is 12.1 Å². The van der Waals surface area contributed by atoms with Crippen LogP contribution in [0.25, 0.3) is 11.0 Å². The molecule has 4 N–H and O–H groups in total. The molecular formula is C9H8N2O5. The molecule has 1 aromatic carbocycles. The number of fused-ring (bicyclic) bond motifs is 1. The molecule has 7 heteroatoms. The van der Waals surface area contributed by atoms with Crippen molar-refractivity contribution in [3.05, 3.63) is 24.3 Å². The van der Waals surface area contributed by atoms with Crippen molar-refractivity contribution in [2.75, 3.05) is 0 Å². The highest BCUT2D eigenvalue weighted by Crippen LogP contribution is 2.21. The summed E-state index contributed by atoms with van der Waals surface area (Å²) < 4.78 is 0.